The fraction of sp³-hybridized carbons (Fsp3) is 0.619. The van der Waals surface area contributed by atoms with Gasteiger partial charge >= 0.3 is 0 Å². The molecule has 0 aliphatic carbocycles. The number of ether oxygens (including phenoxy) is 2. The summed E-state index contributed by atoms with van der Waals surface area (Å²) in [5.74, 6) is 1.16. The second kappa shape index (κ2) is 7.11. The molecular weight excluding hydrogens is 388 g/mol. The molecule has 0 radical (unpaired) electrons. The van der Waals surface area contributed by atoms with Crippen molar-refractivity contribution in [2.75, 3.05) is 50.0 Å². The van der Waals surface area contributed by atoms with Crippen molar-refractivity contribution in [2.24, 2.45) is 0 Å². The number of nitrogens with zero attached hydrogens (tertiary/aromatic N) is 2. The summed E-state index contributed by atoms with van der Waals surface area (Å²) in [5, 5.41) is 1.01. The lowest BCUT2D eigenvalue weighted by molar-refractivity contribution is -0.329. The summed E-state index contributed by atoms with van der Waals surface area (Å²) in [4.78, 5) is 22.7. The molecular formula is C21H29N4O3S+. The molecule has 29 heavy (non-hydrogen) atoms. The molecule has 0 bridgehead atoms. The van der Waals surface area contributed by atoms with Crippen LogP contribution in [0.2, 0.25) is 0 Å². The van der Waals surface area contributed by atoms with Gasteiger partial charge in [-0.05, 0) is 32.3 Å². The Morgan fingerprint density at radius 1 is 1.14 bits per heavy atom. The zero-order valence-electron chi connectivity index (χ0n) is 17.2. The number of anilines is 2. The van der Waals surface area contributed by atoms with Crippen LogP contribution in [-0.4, -0.2) is 55.8 Å². The standard InChI is InChI=1S/C21H28N4O3S/c1-21(2)11-13-14(12-28-21)18(24-7-9-27-10-8-24)23-19-15(13)16(22)17(29-19)20(26)25-5-3-4-6-25/h3-12,22H2,1-2H3/p+1. The molecule has 2 aromatic rings. The SMILES string of the molecule is CC1(C)Cc2c(c(N3CCOCC3)[nH+]c3sc(C(=O)N4CCCC4)c(N)c23)CO1. The minimum atomic E-state index is -0.253. The quantitative estimate of drug-likeness (QED) is 0.810. The highest BCUT2D eigenvalue weighted by Gasteiger charge is 2.37. The Kier molecular flexibility index (Phi) is 4.68. The fourth-order valence-corrected chi connectivity index (χ4v) is 5.80. The average molecular weight is 418 g/mol. The molecule has 0 unspecified atom stereocenters. The van der Waals surface area contributed by atoms with Crippen molar-refractivity contribution in [3.8, 4) is 0 Å². The van der Waals surface area contributed by atoms with Gasteiger partial charge in [0.1, 0.15) is 18.0 Å². The summed E-state index contributed by atoms with van der Waals surface area (Å²) in [6.45, 7) is 9.57. The van der Waals surface area contributed by atoms with Gasteiger partial charge in [-0.2, -0.15) is 0 Å². The van der Waals surface area contributed by atoms with Crippen LogP contribution in [0, 0.1) is 0 Å². The number of nitrogen functional groups attached to an aromatic ring is 1. The molecule has 0 aromatic carbocycles. The van der Waals surface area contributed by atoms with E-state index in [4.69, 9.17) is 15.2 Å². The molecule has 7 nitrogen and oxygen atoms in total. The molecule has 2 fully saturated rings. The lowest BCUT2D eigenvalue weighted by atomic mass is 9.89. The van der Waals surface area contributed by atoms with E-state index >= 15 is 0 Å². The normalized spacial score (nSPS) is 21.6. The van der Waals surface area contributed by atoms with E-state index in [0.29, 0.717) is 17.2 Å². The molecule has 5 rings (SSSR count). The highest BCUT2D eigenvalue weighted by Crippen LogP contribution is 2.42. The van der Waals surface area contributed by atoms with Crippen LogP contribution in [0.3, 0.4) is 0 Å². The van der Waals surface area contributed by atoms with E-state index in [0.717, 1.165) is 74.7 Å². The molecule has 0 atom stereocenters. The number of carbonyl (C=O) groups excluding carboxylic acids is 1. The Morgan fingerprint density at radius 3 is 2.59 bits per heavy atom. The van der Waals surface area contributed by atoms with Crippen LogP contribution >= 0.6 is 11.3 Å². The Bertz CT molecular complexity index is 959. The van der Waals surface area contributed by atoms with Crippen LogP contribution in [0.4, 0.5) is 11.5 Å². The number of rotatable bonds is 2. The van der Waals surface area contributed by atoms with Gasteiger partial charge in [0.25, 0.3) is 11.7 Å². The van der Waals surface area contributed by atoms with Gasteiger partial charge in [0.15, 0.2) is 4.83 Å². The van der Waals surface area contributed by atoms with Gasteiger partial charge in [-0.1, -0.05) is 11.3 Å². The van der Waals surface area contributed by atoms with E-state index in [1.807, 2.05) is 4.90 Å². The summed E-state index contributed by atoms with van der Waals surface area (Å²) >= 11 is 1.50. The number of amides is 1. The third-order valence-electron chi connectivity index (χ3n) is 6.25. The van der Waals surface area contributed by atoms with Crippen LogP contribution in [0.15, 0.2) is 0 Å². The monoisotopic (exact) mass is 417 g/mol. The number of hydrogen-bond acceptors (Lipinski definition) is 6. The molecule has 156 valence electrons. The van der Waals surface area contributed by atoms with Crippen LogP contribution in [-0.2, 0) is 22.5 Å². The lowest BCUT2D eigenvalue weighted by Gasteiger charge is -2.33. The largest absolute Gasteiger partial charge is 0.397 e. The third kappa shape index (κ3) is 3.27. The number of pyridine rings is 1. The van der Waals surface area contributed by atoms with Gasteiger partial charge in [-0.15, -0.1) is 0 Å². The molecule has 3 aliphatic rings. The topological polar surface area (TPSA) is 82.2 Å². The number of fused-ring (bicyclic) bond motifs is 3. The van der Waals surface area contributed by atoms with E-state index in [1.54, 1.807) is 0 Å². The maximum absolute atomic E-state index is 13.1. The number of nitrogens with one attached hydrogen (secondary N) is 1. The Morgan fingerprint density at radius 2 is 1.86 bits per heavy atom. The van der Waals surface area contributed by atoms with Crippen LogP contribution in [0.25, 0.3) is 10.2 Å². The molecule has 2 aromatic heterocycles. The predicted molar refractivity (Wildman–Crippen MR) is 114 cm³/mol. The lowest BCUT2D eigenvalue weighted by Crippen LogP contribution is -2.42. The van der Waals surface area contributed by atoms with Crippen molar-refractivity contribution in [2.45, 2.75) is 45.3 Å². The first-order valence-electron chi connectivity index (χ1n) is 10.5. The molecule has 5 heterocycles. The van der Waals surface area contributed by atoms with Crippen LogP contribution < -0.4 is 15.6 Å². The fourth-order valence-electron chi connectivity index (χ4n) is 4.68. The highest BCUT2D eigenvalue weighted by atomic mass is 32.1. The van der Waals surface area contributed by atoms with E-state index in [1.165, 1.54) is 22.5 Å². The first-order chi connectivity index (χ1) is 13.9. The number of hydrogen-bond donors (Lipinski definition) is 1. The number of carbonyl (C=O) groups is 1. The maximum Gasteiger partial charge on any atom is 0.281 e. The minimum absolute atomic E-state index is 0.0718. The highest BCUT2D eigenvalue weighted by molar-refractivity contribution is 7.20. The van der Waals surface area contributed by atoms with Gasteiger partial charge in [0, 0.05) is 19.5 Å². The number of aromatic amines is 1. The van der Waals surface area contributed by atoms with E-state index in [-0.39, 0.29) is 11.5 Å². The van der Waals surface area contributed by atoms with Crippen molar-refractivity contribution < 1.29 is 19.3 Å². The summed E-state index contributed by atoms with van der Waals surface area (Å²) in [5.41, 5.74) is 9.39. The predicted octanol–water partition coefficient (Wildman–Crippen LogP) is 2.22. The second-order valence-electron chi connectivity index (χ2n) is 8.80. The van der Waals surface area contributed by atoms with Crippen molar-refractivity contribution in [3.05, 3.63) is 16.0 Å². The molecule has 0 saturated carbocycles. The summed E-state index contributed by atoms with van der Waals surface area (Å²) < 4.78 is 11.7. The van der Waals surface area contributed by atoms with E-state index in [9.17, 15) is 4.79 Å². The van der Waals surface area contributed by atoms with Crippen molar-refractivity contribution in [1.29, 1.82) is 0 Å². The maximum atomic E-state index is 13.1. The van der Waals surface area contributed by atoms with Crippen LogP contribution in [0.5, 0.6) is 0 Å². The summed E-state index contributed by atoms with van der Waals surface area (Å²) in [6.07, 6.45) is 2.93. The number of nitrogens with two attached hydrogens (primary N) is 1. The Labute approximate surface area is 174 Å². The number of H-pyrrole nitrogens is 1. The molecule has 1 amide bonds. The zero-order chi connectivity index (χ0) is 20.2. The number of likely N-dealkylation sites (tertiary alicyclic amines) is 1. The Balaban J connectivity index is 1.67. The van der Waals surface area contributed by atoms with Crippen molar-refractivity contribution in [3.63, 3.8) is 0 Å². The van der Waals surface area contributed by atoms with Gasteiger partial charge in [0.05, 0.1) is 42.1 Å². The third-order valence-corrected chi connectivity index (χ3v) is 7.36. The smallest absolute Gasteiger partial charge is 0.281 e. The molecule has 2 saturated heterocycles. The molecule has 3 N–H and O–H groups in total. The van der Waals surface area contributed by atoms with Gasteiger partial charge in [-0.25, -0.2) is 4.98 Å². The van der Waals surface area contributed by atoms with Crippen molar-refractivity contribution in [1.82, 2.24) is 4.90 Å². The molecule has 8 heteroatoms. The van der Waals surface area contributed by atoms with Gasteiger partial charge in [0.2, 0.25) is 0 Å². The first-order valence-corrected chi connectivity index (χ1v) is 11.3. The number of thiophene rings is 1. The number of aromatic nitrogens is 1. The van der Waals surface area contributed by atoms with E-state index in [2.05, 4.69) is 23.7 Å². The molecule has 0 spiro atoms. The average Bonchev–Trinajstić information content (AvgIpc) is 3.35. The summed E-state index contributed by atoms with van der Waals surface area (Å²) in [7, 11) is 0. The zero-order valence-corrected chi connectivity index (χ0v) is 18.0. The van der Waals surface area contributed by atoms with Gasteiger partial charge < -0.3 is 20.1 Å². The Hall–Kier alpha value is -1.90. The first kappa shape index (κ1) is 19.1. The van der Waals surface area contributed by atoms with Gasteiger partial charge in [-0.3, -0.25) is 9.69 Å². The van der Waals surface area contributed by atoms with E-state index < -0.39 is 0 Å². The summed E-state index contributed by atoms with van der Waals surface area (Å²) in [6, 6.07) is 0. The van der Waals surface area contributed by atoms with Crippen molar-refractivity contribution >= 4 is 39.0 Å². The minimum Gasteiger partial charge on any atom is -0.397 e. The number of morpholine rings is 1. The second-order valence-corrected chi connectivity index (χ2v) is 9.82. The van der Waals surface area contributed by atoms with Crippen LogP contribution in [0.1, 0.15) is 47.5 Å². The molecule has 3 aliphatic heterocycles.